The molecular weight excluding hydrogens is 580 g/mol. The van der Waals surface area contributed by atoms with Gasteiger partial charge in [0.15, 0.2) is 0 Å². The van der Waals surface area contributed by atoms with Gasteiger partial charge in [0.1, 0.15) is 18.5 Å². The second kappa shape index (κ2) is 12.4. The van der Waals surface area contributed by atoms with Crippen LogP contribution in [0.15, 0.2) is 60.7 Å². The average molecular weight is 635 g/mol. The van der Waals surface area contributed by atoms with Crippen LogP contribution in [0.1, 0.15) is 87.0 Å². The van der Waals surface area contributed by atoms with E-state index >= 15 is 0 Å². The van der Waals surface area contributed by atoms with Gasteiger partial charge in [-0.2, -0.15) is 0 Å². The monoisotopic (exact) mass is 634 g/mol. The van der Waals surface area contributed by atoms with E-state index in [1.54, 1.807) is 0 Å². The van der Waals surface area contributed by atoms with E-state index in [0.717, 1.165) is 29.6 Å². The number of esters is 1. The van der Waals surface area contributed by atoms with E-state index in [1.807, 2.05) is 43.3 Å². The number of carbonyl (C=O) groups is 2. The number of benzene rings is 2. The molecule has 1 unspecified atom stereocenters. The largest absolute Gasteiger partial charge is 0.460 e. The van der Waals surface area contributed by atoms with Crippen molar-refractivity contribution in [2.24, 2.45) is 34.0 Å². The number of aliphatic hydroxyl groups excluding tert-OH is 2. The number of rotatable bonds is 8. The van der Waals surface area contributed by atoms with Gasteiger partial charge in [-0.1, -0.05) is 109 Å². The minimum absolute atomic E-state index is 0.128. The second-order valence-electron chi connectivity index (χ2n) is 15.7. The summed E-state index contributed by atoms with van der Waals surface area (Å²) >= 11 is 0. The van der Waals surface area contributed by atoms with Gasteiger partial charge >= 0.3 is 5.97 Å². The van der Waals surface area contributed by atoms with Crippen LogP contribution in [0.2, 0.25) is 5.04 Å². The predicted octanol–water partition coefficient (Wildman–Crippen LogP) is 5.67. The van der Waals surface area contributed by atoms with Crippen molar-refractivity contribution >= 4 is 30.4 Å². The quantitative estimate of drug-likeness (QED) is 0.287. The number of hydrogen-bond acceptors (Lipinski definition) is 6. The zero-order valence-electron chi connectivity index (χ0n) is 28.3. The first kappa shape index (κ1) is 34.0. The molecule has 8 atom stereocenters. The van der Waals surface area contributed by atoms with E-state index in [2.05, 4.69) is 65.8 Å². The molecule has 5 rings (SSSR count). The third kappa shape index (κ3) is 5.26. The van der Waals surface area contributed by atoms with Crippen molar-refractivity contribution in [1.29, 1.82) is 0 Å². The summed E-state index contributed by atoms with van der Waals surface area (Å²) in [4.78, 5) is 27.9. The molecule has 2 N–H and O–H groups in total. The van der Waals surface area contributed by atoms with Crippen LogP contribution in [0.5, 0.6) is 0 Å². The lowest BCUT2D eigenvalue weighted by Gasteiger charge is -2.62. The van der Waals surface area contributed by atoms with Gasteiger partial charge in [0.2, 0.25) is 0 Å². The molecule has 246 valence electrons. The summed E-state index contributed by atoms with van der Waals surface area (Å²) in [5, 5.41) is 24.7. The number of hydrogen-bond donors (Lipinski definition) is 2. The highest BCUT2D eigenvalue weighted by Crippen LogP contribution is 2.68. The highest BCUT2D eigenvalue weighted by Gasteiger charge is 2.69. The minimum Gasteiger partial charge on any atom is -0.460 e. The molecule has 0 heterocycles. The Morgan fingerprint density at radius 1 is 1.00 bits per heavy atom. The maximum atomic E-state index is 14.1. The molecule has 2 aromatic carbocycles. The summed E-state index contributed by atoms with van der Waals surface area (Å²) in [6.45, 7) is 14.5. The Bertz CT molecular complexity index is 1310. The molecule has 2 aromatic rings. The highest BCUT2D eigenvalue weighted by molar-refractivity contribution is 6.99. The zero-order chi connectivity index (χ0) is 32.8. The van der Waals surface area contributed by atoms with E-state index < -0.39 is 37.3 Å². The second-order valence-corrected chi connectivity index (χ2v) is 20.0. The fourth-order valence-electron chi connectivity index (χ4n) is 9.97. The molecule has 0 radical (unpaired) electrons. The van der Waals surface area contributed by atoms with Gasteiger partial charge in [-0.25, -0.2) is 4.79 Å². The van der Waals surface area contributed by atoms with Crippen LogP contribution < -0.4 is 10.4 Å². The maximum Gasteiger partial charge on any atom is 0.331 e. The van der Waals surface area contributed by atoms with Crippen molar-refractivity contribution < 1.29 is 29.0 Å². The molecule has 3 fully saturated rings. The Hall–Kier alpha value is -2.32. The number of Topliss-reactive ketones (excluding diaryl/α,β-unsaturated/α-hetero) is 1. The van der Waals surface area contributed by atoms with E-state index in [0.29, 0.717) is 19.3 Å². The van der Waals surface area contributed by atoms with Crippen LogP contribution in [0, 0.1) is 34.0 Å². The van der Waals surface area contributed by atoms with Crippen molar-refractivity contribution in [1.82, 2.24) is 0 Å². The van der Waals surface area contributed by atoms with Crippen LogP contribution in [0.4, 0.5) is 0 Å². The molecule has 6 nitrogen and oxygen atoms in total. The van der Waals surface area contributed by atoms with E-state index in [-0.39, 0.29) is 47.2 Å². The van der Waals surface area contributed by atoms with E-state index in [9.17, 15) is 19.8 Å². The molecule has 45 heavy (non-hydrogen) atoms. The first-order chi connectivity index (χ1) is 21.2. The lowest BCUT2D eigenvalue weighted by molar-refractivity contribution is -0.219. The Kier molecular flexibility index (Phi) is 9.35. The summed E-state index contributed by atoms with van der Waals surface area (Å²) in [7, 11) is -2.98. The molecule has 0 spiro atoms. The third-order valence-corrected chi connectivity index (χ3v) is 17.9. The van der Waals surface area contributed by atoms with Crippen molar-refractivity contribution in [2.45, 2.75) is 104 Å². The molecule has 2 bridgehead atoms. The van der Waals surface area contributed by atoms with Gasteiger partial charge in [0, 0.05) is 23.2 Å². The predicted molar refractivity (Wildman–Crippen MR) is 180 cm³/mol. The smallest absolute Gasteiger partial charge is 0.331 e. The lowest BCUT2D eigenvalue weighted by Crippen LogP contribution is -2.67. The third-order valence-electron chi connectivity index (χ3n) is 12.9. The first-order valence-electron chi connectivity index (χ1n) is 17.0. The van der Waals surface area contributed by atoms with Crippen molar-refractivity contribution in [2.75, 3.05) is 13.2 Å². The Labute approximate surface area is 271 Å². The number of aliphatic hydroxyl groups is 2. The molecule has 3 saturated carbocycles. The summed E-state index contributed by atoms with van der Waals surface area (Å²) in [6.07, 6.45) is 2.37. The van der Waals surface area contributed by atoms with Crippen LogP contribution in [0.3, 0.4) is 0 Å². The molecule has 0 aromatic heterocycles. The molecule has 0 aliphatic heterocycles. The number of carbonyl (C=O) groups excluding carboxylic acids is 2. The molecular formula is C38H54O6Si. The van der Waals surface area contributed by atoms with Gasteiger partial charge in [-0.05, 0) is 64.8 Å². The number of ketones is 1. The summed E-state index contributed by atoms with van der Waals surface area (Å²) in [6, 6.07) is 20.4. The standard InChI is InChI=1S/C38H54O6Si/c1-8-37(25-39)23-31(36(7)26(2)19-21-38(27(3)34(37)42)22-20-30(40)33(36)38)44-32(41)24-43-45(35(4,5)6,28-15-11-9-12-16-28)29-17-13-10-14-18-29/h9-18,26-27,31,33-34,39,42H,8,19-25H2,1-7H3/t26-,27-,31-,33?,34+,36+,37-,38+/m1/s1. The molecule has 3 aliphatic rings. The van der Waals surface area contributed by atoms with Crippen LogP contribution in [0.25, 0.3) is 0 Å². The molecule has 3 aliphatic carbocycles. The average Bonchev–Trinajstić information content (AvgIpc) is 3.38. The number of ether oxygens (including phenoxy) is 1. The topological polar surface area (TPSA) is 93.1 Å². The van der Waals surface area contributed by atoms with Crippen molar-refractivity contribution in [3.05, 3.63) is 60.7 Å². The van der Waals surface area contributed by atoms with Gasteiger partial charge < -0.3 is 19.4 Å². The molecule has 0 amide bonds. The van der Waals surface area contributed by atoms with Crippen LogP contribution >= 0.6 is 0 Å². The van der Waals surface area contributed by atoms with Gasteiger partial charge in [0.25, 0.3) is 8.32 Å². The highest BCUT2D eigenvalue weighted by atomic mass is 28.4. The fraction of sp³-hybridized carbons (Fsp3) is 0.632. The fourth-order valence-corrected chi connectivity index (χ4v) is 14.5. The zero-order valence-corrected chi connectivity index (χ0v) is 29.3. The van der Waals surface area contributed by atoms with Gasteiger partial charge in [-0.15, -0.1) is 0 Å². The normalized spacial score (nSPS) is 35.3. The summed E-state index contributed by atoms with van der Waals surface area (Å²) in [5.74, 6) is -0.566. The lowest BCUT2D eigenvalue weighted by atomic mass is 9.43. The van der Waals surface area contributed by atoms with E-state index in [1.165, 1.54) is 0 Å². The Morgan fingerprint density at radius 3 is 2.09 bits per heavy atom. The summed E-state index contributed by atoms with van der Waals surface area (Å²) in [5.41, 5.74) is -1.84. The van der Waals surface area contributed by atoms with Crippen LogP contribution in [-0.2, 0) is 18.8 Å². The van der Waals surface area contributed by atoms with Crippen molar-refractivity contribution in [3.8, 4) is 0 Å². The van der Waals surface area contributed by atoms with Gasteiger partial charge in [-0.3, -0.25) is 4.79 Å². The van der Waals surface area contributed by atoms with Gasteiger partial charge in [0.05, 0.1) is 12.7 Å². The Morgan fingerprint density at radius 2 is 1.58 bits per heavy atom. The minimum atomic E-state index is -2.98. The Balaban J connectivity index is 1.54. The first-order valence-corrected chi connectivity index (χ1v) is 18.9. The van der Waals surface area contributed by atoms with Crippen molar-refractivity contribution in [3.63, 3.8) is 0 Å². The van der Waals surface area contributed by atoms with Crippen LogP contribution in [-0.4, -0.2) is 55.7 Å². The SMILES string of the molecule is CC[C@]1(CO)C[C@@H](OC(=O)CO[Si](c2ccccc2)(c2ccccc2)C(C)(C)C)[C@@]2(C)C3C(=O)CC[C@@]3(CC[C@H]2C)[C@H](C)[C@@H]1O. The molecule has 7 heteroatoms. The molecule has 0 saturated heterocycles. The van der Waals surface area contributed by atoms with E-state index in [4.69, 9.17) is 9.16 Å². The maximum absolute atomic E-state index is 14.1. The summed E-state index contributed by atoms with van der Waals surface area (Å²) < 4.78 is 13.5.